The summed E-state index contributed by atoms with van der Waals surface area (Å²) in [5.74, 6) is 0.384. The Kier molecular flexibility index (Phi) is 3.94. The number of halogens is 1. The fraction of sp³-hybridized carbons (Fsp3) is 0.667. The number of carbonyl (C=O) groups excluding carboxylic acids is 1. The minimum absolute atomic E-state index is 0. The number of hydrogen-bond donors (Lipinski definition) is 2. The van der Waals surface area contributed by atoms with Gasteiger partial charge >= 0.3 is 0 Å². The lowest BCUT2D eigenvalue weighted by Crippen LogP contribution is -2.31. The SMILES string of the molecule is Cc1cnc(NC(=O)C2CC23CCNCC3)s1.Cl. The van der Waals surface area contributed by atoms with Crippen molar-refractivity contribution in [3.05, 3.63) is 11.1 Å². The van der Waals surface area contributed by atoms with E-state index in [1.165, 1.54) is 0 Å². The van der Waals surface area contributed by atoms with Crippen LogP contribution in [0.25, 0.3) is 0 Å². The Hall–Kier alpha value is -0.650. The zero-order valence-corrected chi connectivity index (χ0v) is 12.0. The molecule has 1 saturated heterocycles. The summed E-state index contributed by atoms with van der Waals surface area (Å²) in [6.07, 6.45) is 5.14. The molecule has 1 saturated carbocycles. The molecule has 18 heavy (non-hydrogen) atoms. The molecule has 2 fully saturated rings. The van der Waals surface area contributed by atoms with E-state index in [-0.39, 0.29) is 24.2 Å². The molecule has 1 aliphatic carbocycles. The lowest BCUT2D eigenvalue weighted by Gasteiger charge is -2.22. The number of thiazole rings is 1. The molecule has 6 heteroatoms. The van der Waals surface area contributed by atoms with Gasteiger partial charge in [-0.15, -0.1) is 23.7 Å². The second kappa shape index (κ2) is 5.15. The molecule has 1 aromatic rings. The molecule has 1 unspecified atom stereocenters. The highest BCUT2D eigenvalue weighted by Gasteiger charge is 2.57. The van der Waals surface area contributed by atoms with Crippen LogP contribution >= 0.6 is 23.7 Å². The van der Waals surface area contributed by atoms with Gasteiger partial charge in [0.2, 0.25) is 5.91 Å². The predicted octanol–water partition coefficient (Wildman–Crippen LogP) is 2.20. The zero-order valence-electron chi connectivity index (χ0n) is 10.4. The molecule has 1 atom stereocenters. The first-order valence-corrected chi connectivity index (χ1v) is 6.95. The summed E-state index contributed by atoms with van der Waals surface area (Å²) in [5.41, 5.74) is 0.307. The summed E-state index contributed by atoms with van der Waals surface area (Å²) < 4.78 is 0. The van der Waals surface area contributed by atoms with Gasteiger partial charge in [-0.1, -0.05) is 0 Å². The normalized spacial score (nSPS) is 24.4. The first kappa shape index (κ1) is 13.8. The van der Waals surface area contributed by atoms with Crippen molar-refractivity contribution >= 4 is 34.8 Å². The van der Waals surface area contributed by atoms with Gasteiger partial charge in [0, 0.05) is 17.0 Å². The van der Waals surface area contributed by atoms with E-state index in [0.717, 1.165) is 42.4 Å². The van der Waals surface area contributed by atoms with Crippen molar-refractivity contribution in [2.24, 2.45) is 11.3 Å². The second-order valence-electron chi connectivity index (χ2n) is 5.13. The molecule has 100 valence electrons. The van der Waals surface area contributed by atoms with Crippen LogP contribution in [0.1, 0.15) is 24.1 Å². The number of amides is 1. The van der Waals surface area contributed by atoms with Gasteiger partial charge in [-0.25, -0.2) is 4.98 Å². The molecule has 3 rings (SSSR count). The number of nitrogens with one attached hydrogen (secondary N) is 2. The van der Waals surface area contributed by atoms with E-state index in [1.807, 2.05) is 6.92 Å². The highest BCUT2D eigenvalue weighted by atomic mass is 35.5. The molecule has 0 radical (unpaired) electrons. The molecule has 2 N–H and O–H groups in total. The Labute approximate surface area is 117 Å². The fourth-order valence-corrected chi connectivity index (χ4v) is 3.47. The number of aromatic nitrogens is 1. The van der Waals surface area contributed by atoms with Crippen LogP contribution < -0.4 is 10.6 Å². The number of nitrogens with zero attached hydrogens (tertiary/aromatic N) is 1. The number of aryl methyl sites for hydroxylation is 1. The van der Waals surface area contributed by atoms with Gasteiger partial charge in [0.1, 0.15) is 0 Å². The monoisotopic (exact) mass is 287 g/mol. The van der Waals surface area contributed by atoms with Crippen LogP contribution in [-0.4, -0.2) is 24.0 Å². The Morgan fingerprint density at radius 3 is 2.89 bits per heavy atom. The molecule has 4 nitrogen and oxygen atoms in total. The molecule has 0 aromatic carbocycles. The van der Waals surface area contributed by atoms with Gasteiger partial charge in [-0.2, -0.15) is 0 Å². The quantitative estimate of drug-likeness (QED) is 0.877. The Morgan fingerprint density at radius 1 is 1.56 bits per heavy atom. The van der Waals surface area contributed by atoms with E-state index >= 15 is 0 Å². The lowest BCUT2D eigenvalue weighted by atomic mass is 9.92. The molecule has 0 bridgehead atoms. The van der Waals surface area contributed by atoms with Crippen molar-refractivity contribution < 1.29 is 4.79 Å². The Bertz CT molecular complexity index is 442. The van der Waals surface area contributed by atoms with Crippen LogP contribution in [0.2, 0.25) is 0 Å². The maximum atomic E-state index is 12.1. The van der Waals surface area contributed by atoms with E-state index in [9.17, 15) is 4.79 Å². The van der Waals surface area contributed by atoms with Crippen LogP contribution in [-0.2, 0) is 4.79 Å². The summed E-state index contributed by atoms with van der Waals surface area (Å²) >= 11 is 1.54. The summed E-state index contributed by atoms with van der Waals surface area (Å²) in [7, 11) is 0. The van der Waals surface area contributed by atoms with Gasteiger partial charge in [0.05, 0.1) is 0 Å². The highest BCUT2D eigenvalue weighted by molar-refractivity contribution is 7.15. The minimum Gasteiger partial charge on any atom is -0.317 e. The van der Waals surface area contributed by atoms with Crippen LogP contribution in [0.4, 0.5) is 5.13 Å². The average Bonchev–Trinajstić information content (AvgIpc) is 2.85. The van der Waals surface area contributed by atoms with Crippen LogP contribution in [0.5, 0.6) is 0 Å². The van der Waals surface area contributed by atoms with Crippen molar-refractivity contribution in [2.45, 2.75) is 26.2 Å². The third-order valence-corrected chi connectivity index (χ3v) is 4.79. The molecule has 1 amide bonds. The fourth-order valence-electron chi connectivity index (χ4n) is 2.80. The van der Waals surface area contributed by atoms with Crippen molar-refractivity contribution in [1.82, 2.24) is 10.3 Å². The predicted molar refractivity (Wildman–Crippen MR) is 75.4 cm³/mol. The van der Waals surface area contributed by atoms with Gasteiger partial charge in [-0.3, -0.25) is 4.79 Å². The van der Waals surface area contributed by atoms with E-state index in [2.05, 4.69) is 15.6 Å². The van der Waals surface area contributed by atoms with E-state index in [0.29, 0.717) is 5.41 Å². The molecule has 2 heterocycles. The first-order valence-electron chi connectivity index (χ1n) is 6.14. The Balaban J connectivity index is 0.00000120. The first-order chi connectivity index (χ1) is 8.20. The van der Waals surface area contributed by atoms with Crippen LogP contribution in [0.3, 0.4) is 0 Å². The van der Waals surface area contributed by atoms with Crippen molar-refractivity contribution in [3.63, 3.8) is 0 Å². The van der Waals surface area contributed by atoms with Gasteiger partial charge < -0.3 is 10.6 Å². The maximum Gasteiger partial charge on any atom is 0.229 e. The summed E-state index contributed by atoms with van der Waals surface area (Å²) in [6, 6.07) is 0. The zero-order chi connectivity index (χ0) is 11.9. The molecule has 1 spiro atoms. The number of anilines is 1. The van der Waals surface area contributed by atoms with Crippen molar-refractivity contribution in [2.75, 3.05) is 18.4 Å². The van der Waals surface area contributed by atoms with Crippen LogP contribution in [0, 0.1) is 18.3 Å². The van der Waals surface area contributed by atoms with E-state index in [1.54, 1.807) is 17.5 Å². The van der Waals surface area contributed by atoms with E-state index < -0.39 is 0 Å². The third kappa shape index (κ3) is 2.53. The second-order valence-corrected chi connectivity index (χ2v) is 6.37. The number of hydrogen-bond acceptors (Lipinski definition) is 4. The van der Waals surface area contributed by atoms with Crippen molar-refractivity contribution in [3.8, 4) is 0 Å². The standard InChI is InChI=1S/C12H17N3OS.ClH/c1-8-7-14-11(17-8)15-10(16)9-6-12(9)2-4-13-5-3-12;/h7,9,13H,2-6H2,1H3,(H,14,15,16);1H. The van der Waals surface area contributed by atoms with Gasteiger partial charge in [-0.05, 0) is 44.7 Å². The minimum atomic E-state index is 0. The number of carbonyl (C=O) groups is 1. The summed E-state index contributed by atoms with van der Waals surface area (Å²) in [4.78, 5) is 17.4. The largest absolute Gasteiger partial charge is 0.317 e. The maximum absolute atomic E-state index is 12.1. The Morgan fingerprint density at radius 2 is 2.28 bits per heavy atom. The van der Waals surface area contributed by atoms with E-state index in [4.69, 9.17) is 0 Å². The molecular weight excluding hydrogens is 270 g/mol. The van der Waals surface area contributed by atoms with Gasteiger partial charge in [0.15, 0.2) is 5.13 Å². The van der Waals surface area contributed by atoms with Crippen LogP contribution in [0.15, 0.2) is 6.20 Å². The number of rotatable bonds is 2. The smallest absolute Gasteiger partial charge is 0.229 e. The summed E-state index contributed by atoms with van der Waals surface area (Å²) in [5, 5.41) is 7.03. The molecule has 1 aliphatic heterocycles. The average molecular weight is 288 g/mol. The number of piperidine rings is 1. The highest BCUT2D eigenvalue weighted by Crippen LogP contribution is 2.58. The lowest BCUT2D eigenvalue weighted by molar-refractivity contribution is -0.118. The summed E-state index contributed by atoms with van der Waals surface area (Å²) in [6.45, 7) is 4.11. The van der Waals surface area contributed by atoms with Crippen molar-refractivity contribution in [1.29, 1.82) is 0 Å². The molecule has 1 aromatic heterocycles. The molecule has 2 aliphatic rings. The molecular formula is C12H18ClN3OS. The third-order valence-electron chi connectivity index (χ3n) is 3.96. The van der Waals surface area contributed by atoms with Gasteiger partial charge in [0.25, 0.3) is 0 Å². The topological polar surface area (TPSA) is 54.0 Å².